The molecule has 44 heavy (non-hydrogen) atoms. The van der Waals surface area contributed by atoms with E-state index in [1.54, 1.807) is 26.6 Å². The van der Waals surface area contributed by atoms with Crippen LogP contribution in [0.5, 0.6) is 11.5 Å². The summed E-state index contributed by atoms with van der Waals surface area (Å²) in [5.74, 6) is 0.957. The number of carbonyl (C=O) groups is 2. The number of nitrogens with zero attached hydrogens (tertiary/aromatic N) is 2. The summed E-state index contributed by atoms with van der Waals surface area (Å²) in [5.41, 5.74) is 3.61. The molecule has 2 amide bonds. The van der Waals surface area contributed by atoms with Gasteiger partial charge in [-0.3, -0.25) is 19.6 Å². The summed E-state index contributed by atoms with van der Waals surface area (Å²) < 4.78 is 10.9. The first-order valence-electron chi connectivity index (χ1n) is 15.0. The zero-order valence-electron chi connectivity index (χ0n) is 25.9. The lowest BCUT2D eigenvalue weighted by Gasteiger charge is -2.17. The lowest BCUT2D eigenvalue weighted by molar-refractivity contribution is -0.118. The predicted octanol–water partition coefficient (Wildman–Crippen LogP) is 5.45. The molecule has 0 saturated heterocycles. The number of nitrogens with one attached hydrogen (secondary N) is 4. The van der Waals surface area contributed by atoms with Crippen molar-refractivity contribution in [3.8, 4) is 11.5 Å². The Morgan fingerprint density at radius 2 is 1.16 bits per heavy atom. The number of rotatable bonds is 16. The summed E-state index contributed by atoms with van der Waals surface area (Å²) >= 11 is 0. The van der Waals surface area contributed by atoms with E-state index in [-0.39, 0.29) is 23.9 Å². The third-order valence-electron chi connectivity index (χ3n) is 7.24. The second kappa shape index (κ2) is 16.1. The van der Waals surface area contributed by atoms with E-state index in [4.69, 9.17) is 9.47 Å². The van der Waals surface area contributed by atoms with E-state index in [1.807, 2.05) is 48.5 Å². The van der Waals surface area contributed by atoms with Crippen LogP contribution in [0.4, 0.5) is 11.4 Å². The van der Waals surface area contributed by atoms with Crippen molar-refractivity contribution in [1.82, 2.24) is 20.6 Å². The van der Waals surface area contributed by atoms with Gasteiger partial charge in [-0.25, -0.2) is 0 Å². The molecule has 10 nitrogen and oxygen atoms in total. The summed E-state index contributed by atoms with van der Waals surface area (Å²) in [6.07, 6.45) is 9.34. The Morgan fingerprint density at radius 3 is 1.57 bits per heavy atom. The van der Waals surface area contributed by atoms with Crippen molar-refractivity contribution in [2.45, 2.75) is 51.6 Å². The maximum Gasteiger partial charge on any atom is 0.244 e. The fraction of sp³-hybridized carbons (Fsp3) is 0.353. The number of anilines is 2. The molecule has 0 aliphatic carbocycles. The number of benzene rings is 2. The Kier molecular flexibility index (Phi) is 11.7. The van der Waals surface area contributed by atoms with Gasteiger partial charge < -0.3 is 30.7 Å². The van der Waals surface area contributed by atoms with Crippen molar-refractivity contribution < 1.29 is 19.1 Å². The summed E-state index contributed by atoms with van der Waals surface area (Å²) in [6.45, 7) is 5.21. The van der Waals surface area contributed by atoms with E-state index in [0.717, 1.165) is 70.4 Å². The average molecular weight is 599 g/mol. The maximum absolute atomic E-state index is 12.2. The number of hydrogen-bond donors (Lipinski definition) is 4. The molecule has 2 aromatic heterocycles. The topological polar surface area (TPSA) is 127 Å². The number of carbonyl (C=O) groups excluding carboxylic acids is 2. The predicted molar refractivity (Wildman–Crippen MR) is 176 cm³/mol. The molecule has 0 fully saturated rings. The summed E-state index contributed by atoms with van der Waals surface area (Å²) in [7, 11) is 3.30. The van der Waals surface area contributed by atoms with Gasteiger partial charge in [-0.2, -0.15) is 0 Å². The zero-order chi connectivity index (χ0) is 31.3. The van der Waals surface area contributed by atoms with Gasteiger partial charge in [0.2, 0.25) is 11.8 Å². The van der Waals surface area contributed by atoms with Gasteiger partial charge in [-0.05, 0) is 63.8 Å². The van der Waals surface area contributed by atoms with Gasteiger partial charge in [0, 0.05) is 72.6 Å². The zero-order valence-corrected chi connectivity index (χ0v) is 25.9. The molecule has 4 aromatic rings. The minimum Gasteiger partial charge on any atom is -0.497 e. The van der Waals surface area contributed by atoms with Crippen molar-refractivity contribution in [2.24, 2.45) is 0 Å². The van der Waals surface area contributed by atoms with Crippen LogP contribution in [0.1, 0.15) is 39.5 Å². The second-order valence-electron chi connectivity index (χ2n) is 10.8. The molecule has 0 aliphatic heterocycles. The van der Waals surface area contributed by atoms with E-state index in [9.17, 15) is 9.59 Å². The fourth-order valence-corrected chi connectivity index (χ4v) is 4.97. The Labute approximate surface area is 258 Å². The van der Waals surface area contributed by atoms with Gasteiger partial charge >= 0.3 is 0 Å². The summed E-state index contributed by atoms with van der Waals surface area (Å²) in [4.78, 5) is 33.4. The van der Waals surface area contributed by atoms with Crippen LogP contribution < -0.4 is 30.7 Å². The Hall–Kier alpha value is -4.86. The molecule has 0 radical (unpaired) electrons. The van der Waals surface area contributed by atoms with Crippen LogP contribution in [0.25, 0.3) is 21.8 Å². The van der Waals surface area contributed by atoms with Crippen LogP contribution in [-0.4, -0.2) is 61.2 Å². The third kappa shape index (κ3) is 9.32. The number of ether oxygens (including phenoxy) is 2. The minimum absolute atomic E-state index is 0.162. The monoisotopic (exact) mass is 598 g/mol. The number of pyridine rings is 2. The smallest absolute Gasteiger partial charge is 0.244 e. The van der Waals surface area contributed by atoms with Gasteiger partial charge in [0.05, 0.1) is 36.6 Å². The molecule has 10 heteroatoms. The number of amides is 2. The molecule has 2 atom stereocenters. The van der Waals surface area contributed by atoms with E-state index in [0.29, 0.717) is 13.1 Å². The third-order valence-corrected chi connectivity index (χ3v) is 7.24. The highest BCUT2D eigenvalue weighted by Gasteiger charge is 2.11. The molecular weight excluding hydrogens is 556 g/mol. The van der Waals surface area contributed by atoms with E-state index in [2.05, 4.69) is 45.1 Å². The van der Waals surface area contributed by atoms with Crippen molar-refractivity contribution in [3.63, 3.8) is 0 Å². The van der Waals surface area contributed by atoms with Gasteiger partial charge in [0.1, 0.15) is 11.5 Å². The maximum atomic E-state index is 12.2. The molecule has 2 heterocycles. The number of aromatic nitrogens is 2. The van der Waals surface area contributed by atoms with Gasteiger partial charge in [0.15, 0.2) is 0 Å². The van der Waals surface area contributed by atoms with Crippen LogP contribution in [0.15, 0.2) is 73.1 Å². The van der Waals surface area contributed by atoms with E-state index >= 15 is 0 Å². The van der Waals surface area contributed by atoms with Crippen LogP contribution >= 0.6 is 0 Å². The normalized spacial score (nSPS) is 12.5. The van der Waals surface area contributed by atoms with Gasteiger partial charge in [-0.1, -0.05) is 12.1 Å². The first-order valence-corrected chi connectivity index (χ1v) is 15.0. The highest BCUT2D eigenvalue weighted by atomic mass is 16.5. The first-order chi connectivity index (χ1) is 21.4. The molecule has 0 aliphatic rings. The SMILES string of the molecule is COc1cc(NC(C)CCCNC(=O)/C=C/C(=O)NCCCC(C)Nc2cc(OC)cc3cccnc23)c2ncccc2c1. The molecule has 2 unspecified atom stereocenters. The second-order valence-corrected chi connectivity index (χ2v) is 10.8. The van der Waals surface area contributed by atoms with Crippen LogP contribution in [-0.2, 0) is 9.59 Å². The highest BCUT2D eigenvalue weighted by molar-refractivity contribution is 5.96. The van der Waals surface area contributed by atoms with Gasteiger partial charge in [0.25, 0.3) is 0 Å². The molecule has 2 aromatic carbocycles. The van der Waals surface area contributed by atoms with Crippen LogP contribution in [0.3, 0.4) is 0 Å². The Morgan fingerprint density at radius 1 is 0.727 bits per heavy atom. The first kappa shape index (κ1) is 32.1. The molecule has 0 spiro atoms. The van der Waals surface area contributed by atoms with Crippen molar-refractivity contribution >= 4 is 45.0 Å². The molecule has 232 valence electrons. The van der Waals surface area contributed by atoms with Crippen molar-refractivity contribution in [1.29, 1.82) is 0 Å². The summed E-state index contributed by atoms with van der Waals surface area (Å²) in [6, 6.07) is 16.0. The number of fused-ring (bicyclic) bond motifs is 2. The lowest BCUT2D eigenvalue weighted by Crippen LogP contribution is -2.26. The van der Waals surface area contributed by atoms with Gasteiger partial charge in [-0.15, -0.1) is 0 Å². The fourth-order valence-electron chi connectivity index (χ4n) is 4.97. The Balaban J connectivity index is 1.11. The molecular formula is C34H42N6O4. The minimum atomic E-state index is -0.291. The average Bonchev–Trinajstić information content (AvgIpc) is 3.03. The van der Waals surface area contributed by atoms with Crippen molar-refractivity contribution in [2.75, 3.05) is 37.9 Å². The molecule has 0 saturated carbocycles. The largest absolute Gasteiger partial charge is 0.497 e. The van der Waals surface area contributed by atoms with Crippen LogP contribution in [0.2, 0.25) is 0 Å². The highest BCUT2D eigenvalue weighted by Crippen LogP contribution is 2.29. The van der Waals surface area contributed by atoms with E-state index < -0.39 is 0 Å². The Bertz CT molecular complexity index is 1470. The molecule has 0 bridgehead atoms. The van der Waals surface area contributed by atoms with Crippen molar-refractivity contribution in [3.05, 3.63) is 73.1 Å². The lowest BCUT2D eigenvalue weighted by atomic mass is 10.1. The van der Waals surface area contributed by atoms with E-state index in [1.165, 1.54) is 12.2 Å². The summed E-state index contributed by atoms with van der Waals surface area (Å²) in [5, 5.41) is 14.7. The quantitative estimate of drug-likeness (QED) is 0.0991. The molecule has 4 rings (SSSR count). The number of hydrogen-bond acceptors (Lipinski definition) is 8. The molecule has 4 N–H and O–H groups in total. The van der Waals surface area contributed by atoms with Crippen LogP contribution in [0, 0.1) is 0 Å². The number of methoxy groups -OCH3 is 2. The standard InChI is InChI=1S/C34H42N6O4/c1-23(39-29-21-27(43-3)19-25-11-7-17-37-33(25)29)9-5-15-35-31(41)13-14-32(42)36-16-6-10-24(2)40-30-22-28(44-4)20-26-12-8-18-38-34(26)30/h7-8,11-14,17-24,39-40H,5-6,9-10,15-16H2,1-4H3,(H,35,41)(H,36,42)/b14-13+.